The summed E-state index contributed by atoms with van der Waals surface area (Å²) >= 11 is 0. The van der Waals surface area contributed by atoms with Gasteiger partial charge >= 0.3 is 5.97 Å². The standard InChI is InChI=1S/C60H86F4N6O14/c1-4-13-69(14-5-2)60(73)50-40-48-10-11-49(41-53(48)66-54(65)42-50)59(72)70-17-15-68(16-18-70)45-47-8-6-46(7-9-47)44-67(3)19-21-75-23-25-77-27-29-79-31-33-81-35-37-83-39-38-82-36-34-80-32-30-78-28-26-76-24-22-74-20-12-55(71)84-58-56(63)51(61)43-52(62)57(58)64/h6-11,40-41,43H,4-5,12-39,42,44-45H2,1-3H3,(H2,65,66). The zero-order valence-electron chi connectivity index (χ0n) is 49.1. The highest BCUT2D eigenvalue weighted by molar-refractivity contribution is 6.06. The van der Waals surface area contributed by atoms with Crippen LogP contribution in [-0.4, -0.2) is 228 Å². The lowest BCUT2D eigenvalue weighted by Crippen LogP contribution is -2.48. The van der Waals surface area contributed by atoms with Gasteiger partial charge in [-0.25, -0.2) is 13.8 Å². The van der Waals surface area contributed by atoms with Crippen molar-refractivity contribution in [3.05, 3.63) is 99.6 Å². The van der Waals surface area contributed by atoms with Crippen LogP contribution in [-0.2, 0) is 70.0 Å². The molecule has 0 bridgehead atoms. The molecule has 0 unspecified atom stereocenters. The summed E-state index contributed by atoms with van der Waals surface area (Å²) in [7, 11) is 2.08. The Morgan fingerprint density at radius 2 is 1.02 bits per heavy atom. The molecule has 2 aliphatic heterocycles. The molecule has 5 rings (SSSR count). The summed E-state index contributed by atoms with van der Waals surface area (Å²) in [5, 5.41) is 0. The Balaban J connectivity index is 0.745. The van der Waals surface area contributed by atoms with E-state index in [9.17, 15) is 31.9 Å². The minimum absolute atomic E-state index is 0.0124. The van der Waals surface area contributed by atoms with Crippen LogP contribution in [0, 0.1) is 23.3 Å². The third-order valence-corrected chi connectivity index (χ3v) is 13.0. The summed E-state index contributed by atoms with van der Waals surface area (Å²) < 4.78 is 113. The van der Waals surface area contributed by atoms with Crippen LogP contribution in [0.4, 0.5) is 23.2 Å². The fourth-order valence-electron chi connectivity index (χ4n) is 8.67. The molecule has 2 amide bonds. The van der Waals surface area contributed by atoms with Crippen LogP contribution in [0.5, 0.6) is 5.75 Å². The van der Waals surface area contributed by atoms with Crippen molar-refractivity contribution in [1.82, 2.24) is 19.6 Å². The molecule has 0 atom stereocenters. The predicted molar refractivity (Wildman–Crippen MR) is 306 cm³/mol. The highest BCUT2D eigenvalue weighted by Gasteiger charge is 2.26. The lowest BCUT2D eigenvalue weighted by atomic mass is 10.0. The van der Waals surface area contributed by atoms with Gasteiger partial charge in [-0.15, -0.1) is 0 Å². The molecule has 2 heterocycles. The highest BCUT2D eigenvalue weighted by atomic mass is 19.2. The van der Waals surface area contributed by atoms with Gasteiger partial charge in [0.1, 0.15) is 5.84 Å². The molecule has 2 aliphatic rings. The van der Waals surface area contributed by atoms with Crippen LogP contribution in [0.25, 0.3) is 6.08 Å². The minimum atomic E-state index is -1.80. The van der Waals surface area contributed by atoms with Gasteiger partial charge < -0.3 is 67.6 Å². The smallest absolute Gasteiger partial charge is 0.313 e. The number of likely N-dealkylation sites (N-methyl/N-ethyl adjacent to an activating group) is 1. The van der Waals surface area contributed by atoms with Crippen molar-refractivity contribution >= 4 is 35.4 Å². The maximum Gasteiger partial charge on any atom is 0.313 e. The third-order valence-electron chi connectivity index (χ3n) is 13.0. The summed E-state index contributed by atoms with van der Waals surface area (Å²) in [5.41, 5.74) is 11.3. The number of esters is 1. The summed E-state index contributed by atoms with van der Waals surface area (Å²) in [5.74, 6) is -9.19. The van der Waals surface area contributed by atoms with E-state index in [1.165, 1.54) is 11.1 Å². The van der Waals surface area contributed by atoms with E-state index >= 15 is 0 Å². The van der Waals surface area contributed by atoms with Crippen molar-refractivity contribution in [1.29, 1.82) is 0 Å². The number of amides is 2. The zero-order valence-corrected chi connectivity index (χ0v) is 49.1. The normalized spacial score (nSPS) is 13.7. The van der Waals surface area contributed by atoms with Gasteiger partial charge in [0.25, 0.3) is 5.91 Å². The van der Waals surface area contributed by atoms with E-state index < -0.39 is 41.4 Å². The first-order valence-electron chi connectivity index (χ1n) is 28.9. The van der Waals surface area contributed by atoms with Gasteiger partial charge in [-0.05, 0) is 49.2 Å². The number of halogens is 4. The average Bonchev–Trinajstić information content (AvgIpc) is 3.90. The van der Waals surface area contributed by atoms with Crippen molar-refractivity contribution in [2.24, 2.45) is 10.7 Å². The lowest BCUT2D eigenvalue weighted by molar-refractivity contribution is -0.136. The van der Waals surface area contributed by atoms with Crippen LogP contribution in [0.1, 0.15) is 66.6 Å². The first kappa shape index (κ1) is 69.3. The molecule has 0 aliphatic carbocycles. The van der Waals surface area contributed by atoms with Gasteiger partial charge in [-0.3, -0.25) is 24.2 Å². The molecular formula is C60H86F4N6O14. The number of carbonyl (C=O) groups is 3. The zero-order chi connectivity index (χ0) is 60.2. The van der Waals surface area contributed by atoms with E-state index in [4.69, 9.17) is 53.1 Å². The number of nitrogens with two attached hydrogens (primary N) is 1. The molecule has 3 aromatic rings. The van der Waals surface area contributed by atoms with Crippen LogP contribution in [0.3, 0.4) is 0 Å². The lowest BCUT2D eigenvalue weighted by Gasteiger charge is -2.35. The van der Waals surface area contributed by atoms with Gasteiger partial charge in [-0.2, -0.15) is 8.78 Å². The van der Waals surface area contributed by atoms with Crippen molar-refractivity contribution in [2.45, 2.75) is 52.6 Å². The van der Waals surface area contributed by atoms with Crippen LogP contribution in [0.2, 0.25) is 0 Å². The summed E-state index contributed by atoms with van der Waals surface area (Å²) in [6, 6.07) is 14.2. The van der Waals surface area contributed by atoms with E-state index in [-0.39, 0.29) is 44.1 Å². The summed E-state index contributed by atoms with van der Waals surface area (Å²) in [6.07, 6.45) is 3.51. The molecule has 0 spiro atoms. The summed E-state index contributed by atoms with van der Waals surface area (Å²) in [4.78, 5) is 51.8. The predicted octanol–water partition coefficient (Wildman–Crippen LogP) is 6.22. The Hall–Kier alpha value is -5.48. The van der Waals surface area contributed by atoms with Crippen LogP contribution in [0.15, 0.2) is 59.1 Å². The number of nitrogens with zero attached hydrogens (tertiary/aromatic N) is 5. The number of carbonyl (C=O) groups excluding carboxylic acids is 3. The second kappa shape index (κ2) is 40.8. The Labute approximate surface area is 491 Å². The highest BCUT2D eigenvalue weighted by Crippen LogP contribution is 2.30. The minimum Gasteiger partial charge on any atom is -0.420 e. The number of hydrogen-bond donors (Lipinski definition) is 1. The molecule has 20 nitrogen and oxygen atoms in total. The second-order valence-electron chi connectivity index (χ2n) is 19.8. The monoisotopic (exact) mass is 1190 g/mol. The van der Waals surface area contributed by atoms with Gasteiger partial charge in [0.15, 0.2) is 11.6 Å². The SMILES string of the molecule is CCCN(CCC)C(=O)C1=Cc2ccc(C(=O)N3CCN(Cc4ccc(CN(C)CCOCCOCCOCCOCCOCCOCCOCCOCCOCCOCCC(=O)Oc5c(F)c(F)cc(F)c5F)cc4)CC3)cc2N=C(N)C1. The quantitative estimate of drug-likeness (QED) is 0.0220. The second-order valence-corrected chi connectivity index (χ2v) is 19.8. The molecule has 0 saturated carbocycles. The van der Waals surface area contributed by atoms with E-state index in [0.717, 1.165) is 51.1 Å². The van der Waals surface area contributed by atoms with Gasteiger partial charge in [0, 0.05) is 88.1 Å². The van der Waals surface area contributed by atoms with Gasteiger partial charge in [0.2, 0.25) is 23.3 Å². The molecule has 1 saturated heterocycles. The van der Waals surface area contributed by atoms with Crippen molar-refractivity contribution < 1.29 is 84.1 Å². The topological polar surface area (TPSA) is 204 Å². The fraction of sp³-hybridized carbons (Fsp3) is 0.600. The first-order valence-corrected chi connectivity index (χ1v) is 28.9. The van der Waals surface area contributed by atoms with E-state index in [1.807, 2.05) is 28.0 Å². The molecular weight excluding hydrogens is 1100 g/mol. The average molecular weight is 1190 g/mol. The number of ether oxygens (including phenoxy) is 11. The van der Waals surface area contributed by atoms with Crippen molar-refractivity contribution in [2.75, 3.05) is 185 Å². The Kier molecular flexibility index (Phi) is 33.6. The Bertz CT molecular complexity index is 2440. The Morgan fingerprint density at radius 1 is 0.571 bits per heavy atom. The number of fused-ring (bicyclic) bond motifs is 1. The van der Waals surface area contributed by atoms with Crippen LogP contribution < -0.4 is 10.5 Å². The number of rotatable bonds is 44. The van der Waals surface area contributed by atoms with E-state index in [0.29, 0.717) is 161 Å². The number of benzene rings is 3. The molecule has 0 aromatic heterocycles. The third kappa shape index (κ3) is 26.4. The molecule has 84 heavy (non-hydrogen) atoms. The van der Waals surface area contributed by atoms with Gasteiger partial charge in [0.05, 0.1) is 144 Å². The molecule has 468 valence electrons. The van der Waals surface area contributed by atoms with Crippen molar-refractivity contribution in [3.8, 4) is 5.75 Å². The number of hydrogen-bond acceptors (Lipinski definition) is 18. The molecule has 2 N–H and O–H groups in total. The maximum absolute atomic E-state index is 13.6. The molecule has 3 aromatic carbocycles. The molecule has 24 heteroatoms. The largest absolute Gasteiger partial charge is 0.420 e. The fourth-order valence-corrected chi connectivity index (χ4v) is 8.67. The number of piperazine rings is 1. The van der Waals surface area contributed by atoms with Gasteiger partial charge in [-0.1, -0.05) is 44.2 Å². The van der Waals surface area contributed by atoms with E-state index in [2.05, 4.69) is 64.7 Å². The van der Waals surface area contributed by atoms with E-state index in [1.54, 1.807) is 6.07 Å². The summed E-state index contributed by atoms with van der Waals surface area (Å²) in [6.45, 7) is 18.3. The van der Waals surface area contributed by atoms with Crippen LogP contribution >= 0.6 is 0 Å². The maximum atomic E-state index is 13.6. The first-order chi connectivity index (χ1) is 40.9. The Morgan fingerprint density at radius 3 is 1.50 bits per heavy atom. The number of aliphatic imine (C=N–C) groups is 1. The number of amidine groups is 1. The molecule has 0 radical (unpaired) electrons. The van der Waals surface area contributed by atoms with Crippen molar-refractivity contribution in [3.63, 3.8) is 0 Å². The molecule has 1 fully saturated rings.